The molecule has 2 nitrogen and oxygen atoms in total. The average Bonchev–Trinajstić information content (AvgIpc) is 2.26. The molecule has 1 saturated heterocycles. The Labute approximate surface area is 91.9 Å². The summed E-state index contributed by atoms with van der Waals surface area (Å²) in [5, 5.41) is 3.45. The van der Waals surface area contributed by atoms with Crippen LogP contribution in [0.1, 0.15) is 35.4 Å². The topological polar surface area (TPSA) is 38.0 Å². The zero-order valence-corrected chi connectivity index (χ0v) is 9.64. The Bertz CT molecular complexity index is 329. The molecule has 82 valence electrons. The van der Waals surface area contributed by atoms with Crippen molar-refractivity contribution in [2.45, 2.75) is 32.6 Å². The summed E-state index contributed by atoms with van der Waals surface area (Å²) in [6.07, 6.45) is 2.56. The van der Waals surface area contributed by atoms with Crippen molar-refractivity contribution < 1.29 is 0 Å². The summed E-state index contributed by atoms with van der Waals surface area (Å²) in [5.41, 5.74) is 10.9. The molecule has 1 aromatic carbocycles. The van der Waals surface area contributed by atoms with Gasteiger partial charge < -0.3 is 11.1 Å². The van der Waals surface area contributed by atoms with Crippen LogP contribution in [-0.4, -0.2) is 13.1 Å². The SMILES string of the molecule is Cc1cc(C2CCCNC2)cc(N)c1C. The quantitative estimate of drug-likeness (QED) is 0.689. The maximum absolute atomic E-state index is 6.01. The molecule has 1 unspecified atom stereocenters. The van der Waals surface area contributed by atoms with E-state index in [0.717, 1.165) is 18.8 Å². The van der Waals surface area contributed by atoms with Gasteiger partial charge in [-0.1, -0.05) is 6.07 Å². The van der Waals surface area contributed by atoms with E-state index in [0.29, 0.717) is 5.92 Å². The van der Waals surface area contributed by atoms with Gasteiger partial charge in [0.15, 0.2) is 0 Å². The molecule has 2 heteroatoms. The van der Waals surface area contributed by atoms with Gasteiger partial charge in [-0.15, -0.1) is 0 Å². The van der Waals surface area contributed by atoms with E-state index in [1.807, 2.05) is 0 Å². The van der Waals surface area contributed by atoms with Gasteiger partial charge >= 0.3 is 0 Å². The third kappa shape index (κ3) is 2.15. The third-order valence-electron chi connectivity index (χ3n) is 3.50. The van der Waals surface area contributed by atoms with E-state index in [1.165, 1.54) is 29.5 Å². The van der Waals surface area contributed by atoms with Crippen molar-refractivity contribution in [2.24, 2.45) is 0 Å². The summed E-state index contributed by atoms with van der Waals surface area (Å²) < 4.78 is 0. The number of piperidine rings is 1. The number of anilines is 1. The average molecular weight is 204 g/mol. The first-order valence-corrected chi connectivity index (χ1v) is 5.76. The minimum absolute atomic E-state index is 0.653. The molecule has 2 rings (SSSR count). The van der Waals surface area contributed by atoms with Crippen LogP contribution in [0.3, 0.4) is 0 Å². The van der Waals surface area contributed by atoms with Gasteiger partial charge in [0.1, 0.15) is 0 Å². The summed E-state index contributed by atoms with van der Waals surface area (Å²) >= 11 is 0. The lowest BCUT2D eigenvalue weighted by atomic mass is 9.89. The maximum atomic E-state index is 6.01. The Kier molecular flexibility index (Phi) is 2.96. The van der Waals surface area contributed by atoms with Gasteiger partial charge in [0.05, 0.1) is 0 Å². The van der Waals surface area contributed by atoms with Gasteiger partial charge in [0.25, 0.3) is 0 Å². The molecule has 0 aliphatic carbocycles. The fourth-order valence-electron chi connectivity index (χ4n) is 2.29. The zero-order chi connectivity index (χ0) is 10.8. The van der Waals surface area contributed by atoms with Crippen molar-refractivity contribution >= 4 is 5.69 Å². The van der Waals surface area contributed by atoms with E-state index >= 15 is 0 Å². The number of nitrogens with two attached hydrogens (primary N) is 1. The van der Waals surface area contributed by atoms with E-state index in [-0.39, 0.29) is 0 Å². The van der Waals surface area contributed by atoms with Crippen LogP contribution in [-0.2, 0) is 0 Å². The van der Waals surface area contributed by atoms with Crippen LogP contribution >= 0.6 is 0 Å². The van der Waals surface area contributed by atoms with Crippen molar-refractivity contribution in [1.29, 1.82) is 0 Å². The van der Waals surface area contributed by atoms with Crippen LogP contribution in [0.15, 0.2) is 12.1 Å². The molecule has 0 aromatic heterocycles. The van der Waals surface area contributed by atoms with Gasteiger partial charge in [-0.05, 0) is 61.9 Å². The van der Waals surface area contributed by atoms with Crippen LogP contribution in [0, 0.1) is 13.8 Å². The van der Waals surface area contributed by atoms with Crippen molar-refractivity contribution in [2.75, 3.05) is 18.8 Å². The van der Waals surface area contributed by atoms with Crippen LogP contribution in [0.4, 0.5) is 5.69 Å². The van der Waals surface area contributed by atoms with E-state index in [1.54, 1.807) is 0 Å². The van der Waals surface area contributed by atoms with Gasteiger partial charge in [-0.3, -0.25) is 0 Å². The lowest BCUT2D eigenvalue weighted by molar-refractivity contribution is 0.461. The zero-order valence-electron chi connectivity index (χ0n) is 9.64. The number of hydrogen-bond acceptors (Lipinski definition) is 2. The molecule has 15 heavy (non-hydrogen) atoms. The summed E-state index contributed by atoms with van der Waals surface area (Å²) in [6.45, 7) is 6.50. The number of rotatable bonds is 1. The number of aryl methyl sites for hydroxylation is 1. The number of benzene rings is 1. The van der Waals surface area contributed by atoms with Crippen molar-refractivity contribution in [1.82, 2.24) is 5.32 Å². The molecular weight excluding hydrogens is 184 g/mol. The van der Waals surface area contributed by atoms with E-state index in [9.17, 15) is 0 Å². The molecule has 1 aromatic rings. The third-order valence-corrected chi connectivity index (χ3v) is 3.50. The molecule has 0 spiro atoms. The summed E-state index contributed by atoms with van der Waals surface area (Å²) in [4.78, 5) is 0. The monoisotopic (exact) mass is 204 g/mol. The molecule has 0 radical (unpaired) electrons. The molecule has 1 fully saturated rings. The molecule has 1 aliphatic heterocycles. The van der Waals surface area contributed by atoms with Crippen LogP contribution in [0.5, 0.6) is 0 Å². The lowest BCUT2D eigenvalue weighted by Crippen LogP contribution is -2.28. The van der Waals surface area contributed by atoms with Gasteiger partial charge in [0.2, 0.25) is 0 Å². The second-order valence-corrected chi connectivity index (χ2v) is 4.60. The van der Waals surface area contributed by atoms with Gasteiger partial charge in [0, 0.05) is 12.2 Å². The molecule has 1 atom stereocenters. The molecule has 0 saturated carbocycles. The first-order valence-electron chi connectivity index (χ1n) is 5.76. The van der Waals surface area contributed by atoms with E-state index in [4.69, 9.17) is 5.73 Å². The fraction of sp³-hybridized carbons (Fsp3) is 0.538. The lowest BCUT2D eigenvalue weighted by Gasteiger charge is -2.24. The molecular formula is C13H20N2. The highest BCUT2D eigenvalue weighted by Crippen LogP contribution is 2.27. The summed E-state index contributed by atoms with van der Waals surface area (Å²) in [7, 11) is 0. The second-order valence-electron chi connectivity index (χ2n) is 4.60. The molecule has 3 N–H and O–H groups in total. The molecule has 1 heterocycles. The Morgan fingerprint density at radius 1 is 1.33 bits per heavy atom. The van der Waals surface area contributed by atoms with Crippen molar-refractivity contribution in [3.05, 3.63) is 28.8 Å². The second kappa shape index (κ2) is 4.23. The molecule has 0 amide bonds. The smallest absolute Gasteiger partial charge is 0.0349 e. The minimum atomic E-state index is 0.653. The van der Waals surface area contributed by atoms with Crippen LogP contribution in [0.25, 0.3) is 0 Å². The predicted octanol–water partition coefficient (Wildman–Crippen LogP) is 2.35. The largest absolute Gasteiger partial charge is 0.398 e. The first kappa shape index (κ1) is 10.5. The fourth-order valence-corrected chi connectivity index (χ4v) is 2.29. The maximum Gasteiger partial charge on any atom is 0.0349 e. The Morgan fingerprint density at radius 3 is 2.73 bits per heavy atom. The highest BCUT2D eigenvalue weighted by Gasteiger charge is 2.16. The molecule has 0 bridgehead atoms. The van der Waals surface area contributed by atoms with E-state index in [2.05, 4.69) is 31.3 Å². The van der Waals surface area contributed by atoms with Gasteiger partial charge in [-0.25, -0.2) is 0 Å². The molecule has 1 aliphatic rings. The van der Waals surface area contributed by atoms with Crippen LogP contribution in [0.2, 0.25) is 0 Å². The van der Waals surface area contributed by atoms with Crippen molar-refractivity contribution in [3.8, 4) is 0 Å². The Hall–Kier alpha value is -1.02. The number of nitrogens with one attached hydrogen (secondary N) is 1. The summed E-state index contributed by atoms with van der Waals surface area (Å²) in [6, 6.07) is 4.45. The summed E-state index contributed by atoms with van der Waals surface area (Å²) in [5.74, 6) is 0.653. The first-order chi connectivity index (χ1) is 7.18. The van der Waals surface area contributed by atoms with Crippen LogP contribution < -0.4 is 11.1 Å². The number of hydrogen-bond donors (Lipinski definition) is 2. The van der Waals surface area contributed by atoms with E-state index < -0.39 is 0 Å². The normalized spacial score (nSPS) is 21.6. The predicted molar refractivity (Wildman–Crippen MR) is 65.2 cm³/mol. The number of nitrogen functional groups attached to an aromatic ring is 1. The Morgan fingerprint density at radius 2 is 2.13 bits per heavy atom. The van der Waals surface area contributed by atoms with Crippen molar-refractivity contribution in [3.63, 3.8) is 0 Å². The minimum Gasteiger partial charge on any atom is -0.398 e. The standard InChI is InChI=1S/C13H20N2/c1-9-6-12(7-13(14)10(9)2)11-4-3-5-15-8-11/h6-7,11,15H,3-5,8,14H2,1-2H3. The highest BCUT2D eigenvalue weighted by atomic mass is 14.9. The van der Waals surface area contributed by atoms with Gasteiger partial charge in [-0.2, -0.15) is 0 Å². The highest BCUT2D eigenvalue weighted by molar-refractivity contribution is 5.53. The Balaban J connectivity index is 2.27.